The van der Waals surface area contributed by atoms with Gasteiger partial charge in [-0.15, -0.1) is 11.3 Å². The minimum Gasteiger partial charge on any atom is -0.366 e. The summed E-state index contributed by atoms with van der Waals surface area (Å²) in [5.74, 6) is -0.0679. The molecule has 1 atom stereocenters. The van der Waals surface area contributed by atoms with E-state index in [2.05, 4.69) is 15.6 Å². The van der Waals surface area contributed by atoms with Crippen LogP contribution in [0.3, 0.4) is 0 Å². The van der Waals surface area contributed by atoms with Crippen LogP contribution in [0.2, 0.25) is 4.34 Å². The SMILES string of the molecule is O=C(NCc1cc(NCc2ccccc2)nc(-c2ccc(C(F)(F)F)cc2)c1)[C@@H]1C=CCN1S(=O)(=O)c1ccc(Cl)s1. The largest absolute Gasteiger partial charge is 0.416 e. The topological polar surface area (TPSA) is 91.4 Å². The van der Waals surface area contributed by atoms with Crippen molar-refractivity contribution in [3.8, 4) is 11.3 Å². The molecule has 0 saturated heterocycles. The molecular formula is C29H24ClF3N4O3S2. The van der Waals surface area contributed by atoms with E-state index in [0.717, 1.165) is 33.3 Å². The fourth-order valence-corrected chi connectivity index (χ4v) is 7.47. The summed E-state index contributed by atoms with van der Waals surface area (Å²) in [6.45, 7) is 0.511. The number of pyridine rings is 1. The van der Waals surface area contributed by atoms with Crippen LogP contribution in [-0.4, -0.2) is 36.2 Å². The number of nitrogens with zero attached hydrogens (tertiary/aromatic N) is 2. The average molecular weight is 633 g/mol. The van der Waals surface area contributed by atoms with E-state index in [1.54, 1.807) is 18.2 Å². The Hall–Kier alpha value is -3.71. The highest BCUT2D eigenvalue weighted by Crippen LogP contribution is 2.32. The Morgan fingerprint density at radius 1 is 1.00 bits per heavy atom. The second kappa shape index (κ2) is 12.3. The first-order valence-corrected chi connectivity index (χ1v) is 15.3. The molecule has 0 fully saturated rings. The molecule has 0 aliphatic carbocycles. The molecule has 1 amide bonds. The summed E-state index contributed by atoms with van der Waals surface area (Å²) < 4.78 is 67.0. The Kier molecular flexibility index (Phi) is 8.69. The number of sulfonamides is 1. The molecule has 0 spiro atoms. The van der Waals surface area contributed by atoms with Crippen LogP contribution >= 0.6 is 22.9 Å². The van der Waals surface area contributed by atoms with Crippen molar-refractivity contribution in [1.29, 1.82) is 0 Å². The third-order valence-electron chi connectivity index (χ3n) is 6.47. The van der Waals surface area contributed by atoms with Crippen LogP contribution in [0.5, 0.6) is 0 Å². The zero-order chi connectivity index (χ0) is 29.9. The number of carbonyl (C=O) groups excluding carboxylic acids is 1. The number of anilines is 1. The van der Waals surface area contributed by atoms with Crippen LogP contribution < -0.4 is 10.6 Å². The van der Waals surface area contributed by atoms with Gasteiger partial charge in [-0.3, -0.25) is 4.79 Å². The number of amides is 1. The summed E-state index contributed by atoms with van der Waals surface area (Å²) in [6.07, 6.45) is -1.33. The van der Waals surface area contributed by atoms with Gasteiger partial charge in [0, 0.05) is 25.2 Å². The van der Waals surface area contributed by atoms with Crippen molar-refractivity contribution >= 4 is 44.7 Å². The van der Waals surface area contributed by atoms with E-state index in [0.29, 0.717) is 33.5 Å². The van der Waals surface area contributed by atoms with E-state index < -0.39 is 33.7 Å². The highest BCUT2D eigenvalue weighted by atomic mass is 35.5. The summed E-state index contributed by atoms with van der Waals surface area (Å²) >= 11 is 6.84. The van der Waals surface area contributed by atoms with Gasteiger partial charge in [0.05, 0.1) is 15.6 Å². The summed E-state index contributed by atoms with van der Waals surface area (Å²) in [4.78, 5) is 17.7. The molecular weight excluding hydrogens is 609 g/mol. The summed E-state index contributed by atoms with van der Waals surface area (Å²) in [7, 11) is -3.95. The molecule has 13 heteroatoms. The van der Waals surface area contributed by atoms with Crippen molar-refractivity contribution in [3.05, 3.63) is 112 Å². The predicted molar refractivity (Wildman–Crippen MR) is 156 cm³/mol. The maximum atomic E-state index is 13.2. The fourth-order valence-electron chi connectivity index (χ4n) is 4.36. The van der Waals surface area contributed by atoms with Crippen LogP contribution in [-0.2, 0) is 34.1 Å². The Labute approximate surface area is 249 Å². The first kappa shape index (κ1) is 29.8. The molecule has 0 saturated carbocycles. The fraction of sp³-hybridized carbons (Fsp3) is 0.172. The van der Waals surface area contributed by atoms with Gasteiger partial charge >= 0.3 is 6.18 Å². The summed E-state index contributed by atoms with van der Waals surface area (Å²) in [5, 5.41) is 6.01. The molecule has 4 aromatic rings. The standard InChI is InChI=1S/C29H24ClF3N4O3S2/c30-25-12-13-27(41-25)42(39,40)37-14-4-7-24(37)28(38)35-18-20-15-23(21-8-10-22(11-9-21)29(31,32)33)36-26(16-20)34-17-19-5-2-1-3-6-19/h1-13,15-16,24H,14,17-18H2,(H,34,36)(H,35,38)/t24-/m0/s1. The Balaban J connectivity index is 1.36. The van der Waals surface area contributed by atoms with E-state index in [1.807, 2.05) is 30.3 Å². The number of alkyl halides is 3. The molecule has 218 valence electrons. The van der Waals surface area contributed by atoms with Crippen LogP contribution in [0, 0.1) is 0 Å². The van der Waals surface area contributed by atoms with Crippen LogP contribution in [0.4, 0.5) is 19.0 Å². The van der Waals surface area contributed by atoms with Crippen molar-refractivity contribution in [2.24, 2.45) is 0 Å². The zero-order valence-electron chi connectivity index (χ0n) is 21.8. The van der Waals surface area contributed by atoms with Crippen molar-refractivity contribution in [1.82, 2.24) is 14.6 Å². The Bertz CT molecular complexity index is 1710. The number of aromatic nitrogens is 1. The maximum Gasteiger partial charge on any atom is 0.416 e. The van der Waals surface area contributed by atoms with Crippen molar-refractivity contribution in [3.63, 3.8) is 0 Å². The van der Waals surface area contributed by atoms with Crippen LogP contribution in [0.25, 0.3) is 11.3 Å². The van der Waals surface area contributed by atoms with Crippen molar-refractivity contribution in [2.45, 2.75) is 29.5 Å². The molecule has 2 N–H and O–H groups in total. The lowest BCUT2D eigenvalue weighted by Crippen LogP contribution is -2.45. The molecule has 1 aliphatic rings. The summed E-state index contributed by atoms with van der Waals surface area (Å²) in [6, 6.07) is 19.5. The number of thiophene rings is 1. The molecule has 0 radical (unpaired) electrons. The maximum absolute atomic E-state index is 13.2. The molecule has 0 bridgehead atoms. The molecule has 7 nitrogen and oxygen atoms in total. The van der Waals surface area contributed by atoms with Gasteiger partial charge in [0.25, 0.3) is 10.0 Å². The molecule has 5 rings (SSSR count). The van der Waals surface area contributed by atoms with Gasteiger partial charge in [-0.1, -0.05) is 66.2 Å². The first-order chi connectivity index (χ1) is 20.0. The number of nitrogens with one attached hydrogen (secondary N) is 2. The van der Waals surface area contributed by atoms with Gasteiger partial charge in [-0.25, -0.2) is 13.4 Å². The van der Waals surface area contributed by atoms with E-state index in [4.69, 9.17) is 11.6 Å². The van der Waals surface area contributed by atoms with Gasteiger partial charge in [0.15, 0.2) is 0 Å². The highest BCUT2D eigenvalue weighted by Gasteiger charge is 2.37. The zero-order valence-corrected chi connectivity index (χ0v) is 24.2. The van der Waals surface area contributed by atoms with Crippen molar-refractivity contribution in [2.75, 3.05) is 11.9 Å². The molecule has 2 aromatic carbocycles. The van der Waals surface area contributed by atoms with Crippen molar-refractivity contribution < 1.29 is 26.4 Å². The molecule has 42 heavy (non-hydrogen) atoms. The first-order valence-electron chi connectivity index (χ1n) is 12.7. The Morgan fingerprint density at radius 3 is 2.40 bits per heavy atom. The van der Waals surface area contributed by atoms with E-state index >= 15 is 0 Å². The van der Waals surface area contributed by atoms with Gasteiger partial charge in [0.2, 0.25) is 5.91 Å². The lowest BCUT2D eigenvalue weighted by molar-refractivity contribution is -0.137. The average Bonchev–Trinajstić information content (AvgIpc) is 3.65. The van der Waals surface area contributed by atoms with Gasteiger partial charge in [0.1, 0.15) is 16.1 Å². The predicted octanol–water partition coefficient (Wildman–Crippen LogP) is 6.34. The monoisotopic (exact) mass is 632 g/mol. The van der Waals surface area contributed by atoms with Gasteiger partial charge in [-0.2, -0.15) is 17.5 Å². The second-order valence-electron chi connectivity index (χ2n) is 9.38. The number of hydrogen-bond donors (Lipinski definition) is 2. The minimum absolute atomic E-state index is 0.0259. The molecule has 1 aliphatic heterocycles. The molecule has 3 heterocycles. The molecule has 2 aromatic heterocycles. The summed E-state index contributed by atoms with van der Waals surface area (Å²) in [5.41, 5.74) is 1.71. The van der Waals surface area contributed by atoms with E-state index in [9.17, 15) is 26.4 Å². The van der Waals surface area contributed by atoms with Crippen LogP contribution in [0.15, 0.2) is 95.2 Å². The second-order valence-corrected chi connectivity index (χ2v) is 13.2. The lowest BCUT2D eigenvalue weighted by atomic mass is 10.1. The third kappa shape index (κ3) is 6.84. The van der Waals surface area contributed by atoms with Gasteiger partial charge < -0.3 is 10.6 Å². The number of hydrogen-bond acceptors (Lipinski definition) is 6. The molecule has 0 unspecified atom stereocenters. The van der Waals surface area contributed by atoms with E-state index in [1.165, 1.54) is 30.3 Å². The number of halogens is 4. The van der Waals surface area contributed by atoms with Crippen LogP contribution in [0.1, 0.15) is 16.7 Å². The number of carbonyl (C=O) groups is 1. The van der Waals surface area contributed by atoms with E-state index in [-0.39, 0.29) is 17.3 Å². The van der Waals surface area contributed by atoms with Gasteiger partial charge in [-0.05, 0) is 47.5 Å². The highest BCUT2D eigenvalue weighted by molar-refractivity contribution is 7.91. The number of benzene rings is 2. The number of rotatable bonds is 9. The minimum atomic E-state index is -4.47. The Morgan fingerprint density at radius 2 is 1.74 bits per heavy atom. The third-order valence-corrected chi connectivity index (χ3v) is 10.0. The quantitative estimate of drug-likeness (QED) is 0.210. The lowest BCUT2D eigenvalue weighted by Gasteiger charge is -2.22. The smallest absolute Gasteiger partial charge is 0.366 e. The normalized spacial score (nSPS) is 15.6.